The van der Waals surface area contributed by atoms with Gasteiger partial charge in [-0.15, -0.1) is 0 Å². The summed E-state index contributed by atoms with van der Waals surface area (Å²) in [5, 5.41) is 2.94. The van der Waals surface area contributed by atoms with Crippen LogP contribution in [0.25, 0.3) is 0 Å². The Morgan fingerprint density at radius 3 is 2.30 bits per heavy atom. The van der Waals surface area contributed by atoms with E-state index < -0.39 is 0 Å². The summed E-state index contributed by atoms with van der Waals surface area (Å²) in [5.74, 6) is -0.0143. The van der Waals surface area contributed by atoms with Gasteiger partial charge in [0.05, 0.1) is 0 Å². The quantitative estimate of drug-likeness (QED) is 0.676. The molecule has 1 aromatic carbocycles. The number of nitrogens with one attached hydrogen (secondary N) is 1. The molecule has 1 fully saturated rings. The van der Waals surface area contributed by atoms with Crippen molar-refractivity contribution in [3.05, 3.63) is 24.3 Å². The van der Waals surface area contributed by atoms with Crippen molar-refractivity contribution in [3.63, 3.8) is 0 Å². The molecule has 1 aliphatic rings. The van der Waals surface area contributed by atoms with Gasteiger partial charge in [-0.3, -0.25) is 9.59 Å². The molecular weight excluding hydrogens is 340 g/mol. The predicted molar refractivity (Wildman–Crippen MR) is 111 cm³/mol. The Morgan fingerprint density at radius 2 is 1.70 bits per heavy atom. The number of amides is 2. The van der Waals surface area contributed by atoms with Crippen molar-refractivity contribution in [2.45, 2.75) is 39.5 Å². The van der Waals surface area contributed by atoms with Crippen LogP contribution in [0.3, 0.4) is 0 Å². The van der Waals surface area contributed by atoms with Crippen LogP contribution in [0.15, 0.2) is 24.3 Å². The number of carbonyl (C=O) groups is 2. The van der Waals surface area contributed by atoms with E-state index in [1.807, 2.05) is 12.1 Å². The molecule has 0 atom stereocenters. The van der Waals surface area contributed by atoms with Crippen molar-refractivity contribution in [2.24, 2.45) is 0 Å². The smallest absolute Gasteiger partial charge is 0.226 e. The molecule has 2 rings (SSSR count). The summed E-state index contributed by atoms with van der Waals surface area (Å²) in [6, 6.07) is 8.03. The molecule has 1 heterocycles. The molecule has 0 aliphatic carbocycles. The van der Waals surface area contributed by atoms with E-state index in [4.69, 9.17) is 0 Å². The lowest BCUT2D eigenvalue weighted by Crippen LogP contribution is -2.44. The molecule has 0 radical (unpaired) electrons. The first kappa shape index (κ1) is 21.2. The van der Waals surface area contributed by atoms with Crippen LogP contribution in [0.2, 0.25) is 0 Å². The number of piperazine rings is 1. The van der Waals surface area contributed by atoms with Crippen molar-refractivity contribution in [3.8, 4) is 0 Å². The van der Waals surface area contributed by atoms with Crippen molar-refractivity contribution in [1.29, 1.82) is 0 Å². The fourth-order valence-electron chi connectivity index (χ4n) is 3.26. The van der Waals surface area contributed by atoms with Gasteiger partial charge in [0.2, 0.25) is 11.8 Å². The second-order valence-electron chi connectivity index (χ2n) is 7.35. The van der Waals surface area contributed by atoms with Crippen LogP contribution in [0.5, 0.6) is 0 Å². The topological polar surface area (TPSA) is 55.9 Å². The molecule has 6 nitrogen and oxygen atoms in total. The second kappa shape index (κ2) is 10.9. The molecule has 1 N–H and O–H groups in total. The Morgan fingerprint density at radius 1 is 1.04 bits per heavy atom. The van der Waals surface area contributed by atoms with Gasteiger partial charge < -0.3 is 20.0 Å². The van der Waals surface area contributed by atoms with E-state index in [1.165, 1.54) is 5.69 Å². The average molecular weight is 375 g/mol. The van der Waals surface area contributed by atoms with Crippen molar-refractivity contribution in [2.75, 3.05) is 56.5 Å². The predicted octanol–water partition coefficient (Wildman–Crippen LogP) is 2.81. The molecular formula is C21H34N4O2. The Kier molecular flexibility index (Phi) is 8.58. The fraction of sp³-hybridized carbons (Fsp3) is 0.619. The molecule has 150 valence electrons. The zero-order valence-electron chi connectivity index (χ0n) is 17.0. The summed E-state index contributed by atoms with van der Waals surface area (Å²) in [6.45, 7) is 9.12. The molecule has 1 saturated heterocycles. The van der Waals surface area contributed by atoms with Crippen LogP contribution >= 0.6 is 0 Å². The number of unbranched alkanes of at least 4 members (excludes halogenated alkanes) is 2. The third kappa shape index (κ3) is 7.21. The van der Waals surface area contributed by atoms with Gasteiger partial charge in [0.1, 0.15) is 0 Å². The third-order valence-electron chi connectivity index (χ3n) is 5.11. The van der Waals surface area contributed by atoms with Gasteiger partial charge in [0.15, 0.2) is 0 Å². The second-order valence-corrected chi connectivity index (χ2v) is 7.35. The minimum atomic E-state index is -0.0518. The Labute approximate surface area is 163 Å². The van der Waals surface area contributed by atoms with Crippen LogP contribution < -0.4 is 10.2 Å². The van der Waals surface area contributed by atoms with Crippen LogP contribution in [0.1, 0.15) is 39.5 Å². The lowest BCUT2D eigenvalue weighted by molar-refractivity contribution is -0.129. The molecule has 0 unspecified atom stereocenters. The van der Waals surface area contributed by atoms with Crippen LogP contribution in [-0.2, 0) is 9.59 Å². The molecule has 27 heavy (non-hydrogen) atoms. The summed E-state index contributed by atoms with van der Waals surface area (Å²) in [4.78, 5) is 30.4. The summed E-state index contributed by atoms with van der Waals surface area (Å²) in [6.07, 6.45) is 3.54. The van der Waals surface area contributed by atoms with E-state index >= 15 is 0 Å². The minimum absolute atomic E-state index is 0.0374. The number of hydrogen-bond donors (Lipinski definition) is 1. The van der Waals surface area contributed by atoms with Gasteiger partial charge in [-0.1, -0.05) is 19.8 Å². The largest absolute Gasteiger partial charge is 0.369 e. The van der Waals surface area contributed by atoms with Crippen LogP contribution in [-0.4, -0.2) is 67.9 Å². The highest BCUT2D eigenvalue weighted by Crippen LogP contribution is 2.19. The maximum atomic E-state index is 12.2. The number of nitrogens with zero attached hydrogens (tertiary/aromatic N) is 3. The molecule has 0 bridgehead atoms. The average Bonchev–Trinajstić information content (AvgIpc) is 2.65. The maximum absolute atomic E-state index is 12.2. The molecule has 0 aromatic heterocycles. The normalized spacial score (nSPS) is 14.9. The van der Waals surface area contributed by atoms with E-state index in [0.717, 1.165) is 57.7 Å². The Balaban J connectivity index is 1.78. The van der Waals surface area contributed by atoms with Gasteiger partial charge >= 0.3 is 0 Å². The highest BCUT2D eigenvalue weighted by atomic mass is 16.2. The van der Waals surface area contributed by atoms with Crippen molar-refractivity contribution < 1.29 is 9.59 Å². The zero-order chi connectivity index (χ0) is 19.6. The molecule has 2 amide bonds. The minimum Gasteiger partial charge on any atom is -0.369 e. The van der Waals surface area contributed by atoms with Gasteiger partial charge in [0, 0.05) is 64.0 Å². The Hall–Kier alpha value is -2.08. The number of likely N-dealkylation sites (N-methyl/N-ethyl adjacent to an activating group) is 1. The Bertz CT molecular complexity index is 595. The molecule has 0 spiro atoms. The van der Waals surface area contributed by atoms with E-state index in [-0.39, 0.29) is 11.8 Å². The van der Waals surface area contributed by atoms with Crippen LogP contribution in [0, 0.1) is 0 Å². The SMILES string of the molecule is CCCCCN(CCC(=O)Nc1ccc(N2CCN(C)CC2)cc1)C(C)=O. The summed E-state index contributed by atoms with van der Waals surface area (Å²) in [5.41, 5.74) is 2.00. The first-order valence-corrected chi connectivity index (χ1v) is 10.1. The third-order valence-corrected chi connectivity index (χ3v) is 5.11. The van der Waals surface area contributed by atoms with E-state index in [9.17, 15) is 9.59 Å². The summed E-state index contributed by atoms with van der Waals surface area (Å²) in [7, 11) is 2.15. The molecule has 1 aromatic rings. The van der Waals surface area contributed by atoms with Gasteiger partial charge in [-0.2, -0.15) is 0 Å². The number of hydrogen-bond acceptors (Lipinski definition) is 4. The first-order chi connectivity index (χ1) is 13.0. The van der Waals surface area contributed by atoms with Gasteiger partial charge in [0.25, 0.3) is 0 Å². The van der Waals surface area contributed by atoms with E-state index in [2.05, 4.69) is 41.2 Å². The maximum Gasteiger partial charge on any atom is 0.226 e. The number of carbonyl (C=O) groups excluding carboxylic acids is 2. The molecule has 0 saturated carbocycles. The monoisotopic (exact) mass is 374 g/mol. The van der Waals surface area contributed by atoms with E-state index in [1.54, 1.807) is 11.8 Å². The summed E-state index contributed by atoms with van der Waals surface area (Å²) < 4.78 is 0. The first-order valence-electron chi connectivity index (χ1n) is 10.1. The number of benzene rings is 1. The zero-order valence-corrected chi connectivity index (χ0v) is 17.0. The van der Waals surface area contributed by atoms with Gasteiger partial charge in [-0.05, 0) is 37.7 Å². The standard InChI is InChI=1S/C21H34N4O2/c1-4-5-6-12-24(18(2)26)13-11-21(27)22-19-7-9-20(10-8-19)25-16-14-23(3)15-17-25/h7-10H,4-6,11-17H2,1-3H3,(H,22,27). The number of rotatable bonds is 9. The van der Waals surface area contributed by atoms with Crippen molar-refractivity contribution in [1.82, 2.24) is 9.80 Å². The fourth-order valence-corrected chi connectivity index (χ4v) is 3.26. The molecule has 6 heteroatoms. The molecule has 1 aliphatic heterocycles. The van der Waals surface area contributed by atoms with Crippen LogP contribution in [0.4, 0.5) is 11.4 Å². The highest BCUT2D eigenvalue weighted by Gasteiger charge is 2.14. The van der Waals surface area contributed by atoms with E-state index in [0.29, 0.717) is 13.0 Å². The number of anilines is 2. The van der Waals surface area contributed by atoms with Crippen molar-refractivity contribution >= 4 is 23.2 Å². The lowest BCUT2D eigenvalue weighted by Gasteiger charge is -2.34. The lowest BCUT2D eigenvalue weighted by atomic mass is 10.2. The summed E-state index contributed by atoms with van der Waals surface area (Å²) >= 11 is 0. The van der Waals surface area contributed by atoms with Gasteiger partial charge in [-0.25, -0.2) is 0 Å². The highest BCUT2D eigenvalue weighted by molar-refractivity contribution is 5.91.